The molecule has 36 heavy (non-hydrogen) atoms. The van der Waals surface area contributed by atoms with Gasteiger partial charge in [-0.2, -0.15) is 0 Å². The predicted octanol–water partition coefficient (Wildman–Crippen LogP) is 4.91. The first-order valence-corrected chi connectivity index (χ1v) is 12.4. The first-order valence-electron chi connectivity index (χ1n) is 12.0. The van der Waals surface area contributed by atoms with E-state index in [0.717, 1.165) is 17.7 Å². The van der Waals surface area contributed by atoms with Crippen molar-refractivity contribution in [2.45, 2.75) is 13.3 Å². The van der Waals surface area contributed by atoms with E-state index in [1.165, 1.54) is 11.6 Å². The van der Waals surface area contributed by atoms with Crippen LogP contribution in [0.4, 0.5) is 15.8 Å². The van der Waals surface area contributed by atoms with Crippen LogP contribution in [0.15, 0.2) is 66.7 Å². The summed E-state index contributed by atoms with van der Waals surface area (Å²) in [5.41, 5.74) is 3.38. The number of rotatable bonds is 8. The zero-order valence-corrected chi connectivity index (χ0v) is 21.3. The smallest absolute Gasteiger partial charge is 0.262 e. The fourth-order valence-electron chi connectivity index (χ4n) is 4.13. The van der Waals surface area contributed by atoms with E-state index in [2.05, 4.69) is 17.1 Å². The summed E-state index contributed by atoms with van der Waals surface area (Å²) in [5.74, 6) is 0.496. The molecule has 188 valence electrons. The number of halogens is 1. The molecular weight excluding hydrogens is 477 g/mol. The van der Waals surface area contributed by atoms with E-state index >= 15 is 0 Å². The van der Waals surface area contributed by atoms with Crippen molar-refractivity contribution in [1.29, 1.82) is 0 Å². The summed E-state index contributed by atoms with van der Waals surface area (Å²) in [6.07, 6.45) is 0.945. The third-order valence-electron chi connectivity index (χ3n) is 6.18. The number of piperazine rings is 1. The van der Waals surface area contributed by atoms with Crippen molar-refractivity contribution in [3.63, 3.8) is 0 Å². The lowest BCUT2D eigenvalue weighted by molar-refractivity contribution is -0.118. The normalized spacial score (nSPS) is 13.3. The Balaban J connectivity index is 1.33. The van der Waals surface area contributed by atoms with Crippen molar-refractivity contribution in [3.05, 3.63) is 83.7 Å². The quantitative estimate of drug-likeness (QED) is 0.437. The fraction of sp³-hybridized carbons (Fsp3) is 0.286. The molecule has 0 radical (unpaired) electrons. The highest BCUT2D eigenvalue weighted by Gasteiger charge is 2.22. The number of para-hydroxylation sites is 1. The molecule has 0 aliphatic carbocycles. The minimum absolute atomic E-state index is 0.145. The Morgan fingerprint density at radius 2 is 1.72 bits per heavy atom. The number of carbonyl (C=O) groups is 1. The van der Waals surface area contributed by atoms with Crippen LogP contribution in [0.3, 0.4) is 0 Å². The van der Waals surface area contributed by atoms with Crippen LogP contribution < -0.4 is 19.7 Å². The molecule has 1 N–H and O–H groups in total. The lowest BCUT2D eigenvalue weighted by Gasteiger charge is -2.37. The Hall–Kier alpha value is -3.65. The molecule has 1 aliphatic heterocycles. The number of hydrogen-bond acceptors (Lipinski definition) is 5. The van der Waals surface area contributed by atoms with Crippen LogP contribution >= 0.6 is 12.2 Å². The van der Waals surface area contributed by atoms with Gasteiger partial charge in [0.1, 0.15) is 10.8 Å². The highest BCUT2D eigenvalue weighted by atomic mass is 32.1. The molecule has 1 saturated heterocycles. The molecule has 3 aromatic rings. The van der Waals surface area contributed by atoms with E-state index in [1.54, 1.807) is 25.3 Å². The number of aryl methyl sites for hydroxylation is 1. The minimum atomic E-state index is -0.256. The number of nitrogens with zero attached hydrogens (tertiary/aromatic N) is 2. The van der Waals surface area contributed by atoms with Gasteiger partial charge in [-0.1, -0.05) is 43.4 Å². The van der Waals surface area contributed by atoms with Gasteiger partial charge in [-0.25, -0.2) is 4.39 Å². The largest absolute Gasteiger partial charge is 0.493 e. The van der Waals surface area contributed by atoms with Gasteiger partial charge in [-0.3, -0.25) is 4.79 Å². The highest BCUT2D eigenvalue weighted by Crippen LogP contribution is 2.29. The van der Waals surface area contributed by atoms with E-state index in [-0.39, 0.29) is 18.3 Å². The van der Waals surface area contributed by atoms with Crippen LogP contribution in [0.5, 0.6) is 11.5 Å². The average molecular weight is 508 g/mol. The summed E-state index contributed by atoms with van der Waals surface area (Å²) in [6.45, 7) is 4.67. The summed E-state index contributed by atoms with van der Waals surface area (Å²) < 4.78 is 25.4. The van der Waals surface area contributed by atoms with Crippen molar-refractivity contribution in [1.82, 2.24) is 4.90 Å². The summed E-state index contributed by atoms with van der Waals surface area (Å²) in [4.78, 5) is 17.2. The molecule has 0 saturated carbocycles. The summed E-state index contributed by atoms with van der Waals surface area (Å²) in [6, 6.07) is 20.0. The molecule has 1 amide bonds. The maximum Gasteiger partial charge on any atom is 0.262 e. The topological polar surface area (TPSA) is 54.0 Å². The second-order valence-electron chi connectivity index (χ2n) is 8.48. The second kappa shape index (κ2) is 11.9. The Labute approximate surface area is 216 Å². The first-order chi connectivity index (χ1) is 17.5. The Bertz CT molecular complexity index is 1210. The number of thiocarbonyl (C=S) groups is 1. The van der Waals surface area contributed by atoms with Crippen molar-refractivity contribution in [3.8, 4) is 11.5 Å². The zero-order chi connectivity index (χ0) is 25.5. The molecule has 0 bridgehead atoms. The number of amides is 1. The van der Waals surface area contributed by atoms with Crippen LogP contribution in [-0.2, 0) is 11.2 Å². The number of ether oxygens (including phenoxy) is 2. The summed E-state index contributed by atoms with van der Waals surface area (Å²) in [5, 5.41) is 2.83. The molecule has 0 spiro atoms. The van der Waals surface area contributed by atoms with Gasteiger partial charge in [0.2, 0.25) is 0 Å². The van der Waals surface area contributed by atoms with E-state index in [9.17, 15) is 9.18 Å². The molecule has 6 nitrogen and oxygen atoms in total. The Kier molecular flexibility index (Phi) is 8.38. The molecule has 4 rings (SSSR count). The number of nitrogens with one attached hydrogen (secondary N) is 1. The molecule has 3 aromatic carbocycles. The number of hydrogen-bond donors (Lipinski definition) is 1. The van der Waals surface area contributed by atoms with Crippen molar-refractivity contribution in [2.24, 2.45) is 0 Å². The van der Waals surface area contributed by atoms with Crippen molar-refractivity contribution < 1.29 is 18.7 Å². The van der Waals surface area contributed by atoms with Gasteiger partial charge < -0.3 is 24.6 Å². The fourth-order valence-corrected chi connectivity index (χ4v) is 4.43. The molecule has 0 aromatic heterocycles. The van der Waals surface area contributed by atoms with E-state index in [1.807, 2.05) is 47.4 Å². The number of methoxy groups -OCH3 is 1. The second-order valence-corrected chi connectivity index (χ2v) is 8.87. The molecule has 1 aliphatic rings. The lowest BCUT2D eigenvalue weighted by atomic mass is 10.1. The summed E-state index contributed by atoms with van der Waals surface area (Å²) in [7, 11) is 1.55. The van der Waals surface area contributed by atoms with Gasteiger partial charge >= 0.3 is 0 Å². The average Bonchev–Trinajstić information content (AvgIpc) is 2.92. The summed E-state index contributed by atoms with van der Waals surface area (Å²) >= 11 is 5.74. The van der Waals surface area contributed by atoms with Crippen LogP contribution in [-0.4, -0.2) is 55.7 Å². The molecule has 1 fully saturated rings. The third kappa shape index (κ3) is 6.12. The van der Waals surface area contributed by atoms with Crippen LogP contribution in [0.1, 0.15) is 18.1 Å². The predicted molar refractivity (Wildman–Crippen MR) is 145 cm³/mol. The SMILES string of the molecule is CCc1ccc(NC(=O)COc2ccc(C(=S)N3CCN(c4ccccc4F)CC3)cc2OC)cc1. The number of carbonyl (C=O) groups excluding carboxylic acids is 1. The van der Waals surface area contributed by atoms with E-state index < -0.39 is 0 Å². The van der Waals surface area contributed by atoms with Crippen LogP contribution in [0, 0.1) is 5.82 Å². The van der Waals surface area contributed by atoms with Gasteiger partial charge in [0.05, 0.1) is 12.8 Å². The first kappa shape index (κ1) is 25.4. The third-order valence-corrected chi connectivity index (χ3v) is 6.67. The maximum atomic E-state index is 14.1. The maximum absolute atomic E-state index is 14.1. The Morgan fingerprint density at radius 1 is 1.00 bits per heavy atom. The Morgan fingerprint density at radius 3 is 2.39 bits per heavy atom. The van der Waals surface area contributed by atoms with Crippen LogP contribution in [0.25, 0.3) is 0 Å². The standard InChI is InChI=1S/C28H30FN3O3S/c1-3-20-8-11-22(12-9-20)30-27(33)19-35-25-13-10-21(18-26(25)34-2)28(36)32-16-14-31(15-17-32)24-7-5-4-6-23(24)29/h4-13,18H,3,14-17,19H2,1-2H3,(H,30,33). The minimum Gasteiger partial charge on any atom is -0.493 e. The molecule has 8 heteroatoms. The van der Waals surface area contributed by atoms with Crippen molar-refractivity contribution >= 4 is 34.5 Å². The monoisotopic (exact) mass is 507 g/mol. The van der Waals surface area contributed by atoms with E-state index in [4.69, 9.17) is 21.7 Å². The highest BCUT2D eigenvalue weighted by molar-refractivity contribution is 7.80. The molecular formula is C28H30FN3O3S. The van der Waals surface area contributed by atoms with Gasteiger partial charge in [0, 0.05) is 37.4 Å². The molecule has 0 atom stereocenters. The van der Waals surface area contributed by atoms with Crippen LogP contribution in [0.2, 0.25) is 0 Å². The number of benzene rings is 3. The number of anilines is 2. The van der Waals surface area contributed by atoms with Gasteiger partial charge in [-0.05, 0) is 54.4 Å². The lowest BCUT2D eigenvalue weighted by Crippen LogP contribution is -2.48. The molecule has 0 unspecified atom stereocenters. The molecule has 1 heterocycles. The zero-order valence-electron chi connectivity index (χ0n) is 20.5. The van der Waals surface area contributed by atoms with Gasteiger partial charge in [0.15, 0.2) is 18.1 Å². The van der Waals surface area contributed by atoms with Gasteiger partial charge in [0.25, 0.3) is 5.91 Å². The van der Waals surface area contributed by atoms with Crippen molar-refractivity contribution in [2.75, 3.05) is 50.1 Å². The van der Waals surface area contributed by atoms with Gasteiger partial charge in [-0.15, -0.1) is 0 Å². The van der Waals surface area contributed by atoms with E-state index in [0.29, 0.717) is 48.4 Å².